The van der Waals surface area contributed by atoms with Crippen molar-refractivity contribution in [3.05, 3.63) is 88.9 Å². The standard InChI is InChI=1S/C25H21FN8O4/c1-14(13-35)30-23-21-19(9-10-27-22(21)32-33-23)38-17-6-7-20(28-12-17)31-24(36)18-8-11-29-34(25(18)37)16-4-2-15(26)3-5-16/h2-12,14,35H,13H2,1H3,(H,28,31,36)(H2,27,30,32,33). The van der Waals surface area contributed by atoms with Crippen LogP contribution in [0.5, 0.6) is 11.5 Å². The number of H-pyrrole nitrogens is 1. The fourth-order valence-corrected chi connectivity index (χ4v) is 3.57. The molecule has 0 radical (unpaired) electrons. The Morgan fingerprint density at radius 2 is 1.95 bits per heavy atom. The summed E-state index contributed by atoms with van der Waals surface area (Å²) in [6, 6.07) is 11.0. The van der Waals surface area contributed by atoms with Gasteiger partial charge in [-0.3, -0.25) is 14.7 Å². The molecule has 0 saturated carbocycles. The summed E-state index contributed by atoms with van der Waals surface area (Å²) in [5.74, 6) is 0.353. The van der Waals surface area contributed by atoms with Gasteiger partial charge in [-0.2, -0.15) is 14.9 Å². The minimum atomic E-state index is -0.683. The highest BCUT2D eigenvalue weighted by molar-refractivity contribution is 6.03. The number of rotatable bonds is 8. The maximum Gasteiger partial charge on any atom is 0.284 e. The SMILES string of the molecule is CC(CO)Nc1n[nH]c2nccc(Oc3ccc(NC(=O)c4ccnn(-c5ccc(F)cc5)c4=O)nc3)c12. The van der Waals surface area contributed by atoms with Gasteiger partial charge >= 0.3 is 0 Å². The highest BCUT2D eigenvalue weighted by atomic mass is 19.1. The lowest BCUT2D eigenvalue weighted by molar-refractivity contribution is 0.102. The lowest BCUT2D eigenvalue weighted by Crippen LogP contribution is -2.29. The predicted molar refractivity (Wildman–Crippen MR) is 136 cm³/mol. The van der Waals surface area contributed by atoms with E-state index in [-0.39, 0.29) is 24.0 Å². The maximum absolute atomic E-state index is 13.2. The number of nitrogens with one attached hydrogen (secondary N) is 3. The van der Waals surface area contributed by atoms with Crippen molar-refractivity contribution in [1.82, 2.24) is 29.9 Å². The van der Waals surface area contributed by atoms with Crippen LogP contribution in [0.1, 0.15) is 17.3 Å². The number of amides is 1. The van der Waals surface area contributed by atoms with Gasteiger partial charge in [0, 0.05) is 24.5 Å². The van der Waals surface area contributed by atoms with E-state index in [1.165, 1.54) is 48.8 Å². The van der Waals surface area contributed by atoms with Crippen LogP contribution in [-0.2, 0) is 0 Å². The molecule has 1 amide bonds. The number of halogens is 1. The third kappa shape index (κ3) is 5.03. The normalized spacial score (nSPS) is 11.8. The number of aliphatic hydroxyl groups excluding tert-OH is 1. The zero-order valence-electron chi connectivity index (χ0n) is 19.9. The van der Waals surface area contributed by atoms with Crippen LogP contribution in [0.4, 0.5) is 16.0 Å². The minimum Gasteiger partial charge on any atom is -0.455 e. The molecule has 5 aromatic rings. The van der Waals surface area contributed by atoms with Crippen molar-refractivity contribution in [2.75, 3.05) is 17.2 Å². The second-order valence-corrected chi connectivity index (χ2v) is 8.21. The topological polar surface area (TPSA) is 160 Å². The fourth-order valence-electron chi connectivity index (χ4n) is 3.57. The van der Waals surface area contributed by atoms with E-state index in [9.17, 15) is 19.1 Å². The lowest BCUT2D eigenvalue weighted by Gasteiger charge is -2.12. The number of carbonyl (C=O) groups is 1. The van der Waals surface area contributed by atoms with Gasteiger partial charge in [-0.1, -0.05) is 0 Å². The van der Waals surface area contributed by atoms with Crippen LogP contribution < -0.4 is 20.9 Å². The van der Waals surface area contributed by atoms with E-state index in [2.05, 4.69) is 35.9 Å². The van der Waals surface area contributed by atoms with E-state index in [1.807, 2.05) is 0 Å². The quantitative estimate of drug-likeness (QED) is 0.243. The first-order valence-corrected chi connectivity index (χ1v) is 11.4. The first kappa shape index (κ1) is 24.5. The molecule has 1 atom stereocenters. The summed E-state index contributed by atoms with van der Waals surface area (Å²) in [5.41, 5.74) is -0.0191. The van der Waals surface area contributed by atoms with Gasteiger partial charge in [0.2, 0.25) is 0 Å². The maximum atomic E-state index is 13.2. The third-order valence-electron chi connectivity index (χ3n) is 5.45. The lowest BCUT2D eigenvalue weighted by atomic mass is 10.2. The number of nitrogens with zero attached hydrogens (tertiary/aromatic N) is 5. The molecule has 192 valence electrons. The molecule has 0 saturated heterocycles. The molecule has 4 heterocycles. The van der Waals surface area contributed by atoms with Crippen molar-refractivity contribution in [3.8, 4) is 17.2 Å². The second kappa shape index (κ2) is 10.4. The zero-order chi connectivity index (χ0) is 26.6. The Hall–Kier alpha value is -5.17. The smallest absolute Gasteiger partial charge is 0.284 e. The number of benzene rings is 1. The number of fused-ring (bicyclic) bond motifs is 1. The van der Waals surface area contributed by atoms with Crippen LogP contribution in [-0.4, -0.2) is 53.6 Å². The van der Waals surface area contributed by atoms with Gasteiger partial charge in [-0.05, 0) is 49.4 Å². The van der Waals surface area contributed by atoms with E-state index in [0.717, 1.165) is 4.68 Å². The summed E-state index contributed by atoms with van der Waals surface area (Å²) in [5, 5.41) is 26.6. The summed E-state index contributed by atoms with van der Waals surface area (Å²) in [6.07, 6.45) is 4.28. The number of anilines is 2. The zero-order valence-corrected chi connectivity index (χ0v) is 19.9. The monoisotopic (exact) mass is 516 g/mol. The van der Waals surface area contributed by atoms with E-state index in [0.29, 0.717) is 34.0 Å². The van der Waals surface area contributed by atoms with Crippen LogP contribution in [0.2, 0.25) is 0 Å². The summed E-state index contributed by atoms with van der Waals surface area (Å²) in [7, 11) is 0. The Kier molecular flexibility index (Phi) is 6.74. The molecule has 4 N–H and O–H groups in total. The van der Waals surface area contributed by atoms with Gasteiger partial charge in [0.1, 0.15) is 34.1 Å². The van der Waals surface area contributed by atoms with Crippen molar-refractivity contribution in [2.24, 2.45) is 0 Å². The van der Waals surface area contributed by atoms with E-state index < -0.39 is 17.3 Å². The van der Waals surface area contributed by atoms with Gasteiger partial charge in [0.05, 0.1) is 18.5 Å². The molecule has 4 aromatic heterocycles. The van der Waals surface area contributed by atoms with Crippen molar-refractivity contribution in [2.45, 2.75) is 13.0 Å². The average molecular weight is 516 g/mol. The molecule has 38 heavy (non-hydrogen) atoms. The molecule has 1 aromatic carbocycles. The van der Waals surface area contributed by atoms with Gasteiger partial charge < -0.3 is 20.5 Å². The Morgan fingerprint density at radius 3 is 2.68 bits per heavy atom. The van der Waals surface area contributed by atoms with Gasteiger partial charge in [-0.25, -0.2) is 14.4 Å². The van der Waals surface area contributed by atoms with Gasteiger partial charge in [0.25, 0.3) is 11.5 Å². The molecule has 5 rings (SSSR count). The first-order valence-electron chi connectivity index (χ1n) is 11.4. The number of ether oxygens (including phenoxy) is 1. The number of aromatic amines is 1. The molecule has 0 aliphatic heterocycles. The summed E-state index contributed by atoms with van der Waals surface area (Å²) in [4.78, 5) is 34.0. The highest BCUT2D eigenvalue weighted by Crippen LogP contribution is 2.33. The van der Waals surface area contributed by atoms with E-state index in [4.69, 9.17) is 4.74 Å². The van der Waals surface area contributed by atoms with Crippen LogP contribution in [0.3, 0.4) is 0 Å². The number of aromatic nitrogens is 6. The number of aliphatic hydroxyl groups is 1. The largest absolute Gasteiger partial charge is 0.455 e. The van der Waals surface area contributed by atoms with Crippen LogP contribution in [0.15, 0.2) is 71.9 Å². The molecule has 13 heteroatoms. The summed E-state index contributed by atoms with van der Waals surface area (Å²) >= 11 is 0. The number of carbonyl (C=O) groups excluding carboxylic acids is 1. The van der Waals surface area contributed by atoms with Crippen molar-refractivity contribution < 1.29 is 19.0 Å². The molecule has 0 fully saturated rings. The van der Waals surface area contributed by atoms with E-state index in [1.54, 1.807) is 25.3 Å². The molecule has 1 unspecified atom stereocenters. The van der Waals surface area contributed by atoms with Crippen molar-refractivity contribution in [3.63, 3.8) is 0 Å². The average Bonchev–Trinajstić information content (AvgIpc) is 3.34. The van der Waals surface area contributed by atoms with Crippen LogP contribution in [0, 0.1) is 5.82 Å². The first-order chi connectivity index (χ1) is 18.4. The van der Waals surface area contributed by atoms with Crippen LogP contribution in [0.25, 0.3) is 16.7 Å². The van der Waals surface area contributed by atoms with Crippen molar-refractivity contribution >= 4 is 28.6 Å². The Balaban J connectivity index is 1.33. The number of hydrogen-bond acceptors (Lipinski definition) is 9. The molecule has 0 aliphatic carbocycles. The van der Waals surface area contributed by atoms with Gasteiger partial charge in [0.15, 0.2) is 11.5 Å². The molecular formula is C25H21FN8O4. The molecule has 0 aliphatic rings. The minimum absolute atomic E-state index is 0.0819. The Bertz CT molecular complexity index is 1650. The molecule has 0 spiro atoms. The van der Waals surface area contributed by atoms with Gasteiger partial charge in [-0.15, -0.1) is 0 Å². The van der Waals surface area contributed by atoms with Crippen LogP contribution >= 0.6 is 0 Å². The predicted octanol–water partition coefficient (Wildman–Crippen LogP) is 2.88. The molecule has 12 nitrogen and oxygen atoms in total. The fraction of sp³-hybridized carbons (Fsp3) is 0.120. The Morgan fingerprint density at radius 1 is 1.13 bits per heavy atom. The number of pyridine rings is 2. The molecular weight excluding hydrogens is 495 g/mol. The summed E-state index contributed by atoms with van der Waals surface area (Å²) in [6.45, 7) is 1.72. The summed E-state index contributed by atoms with van der Waals surface area (Å²) < 4.78 is 20.2. The second-order valence-electron chi connectivity index (χ2n) is 8.21. The van der Waals surface area contributed by atoms with E-state index >= 15 is 0 Å². The molecule has 0 bridgehead atoms. The highest BCUT2D eigenvalue weighted by Gasteiger charge is 2.17. The third-order valence-corrected chi connectivity index (χ3v) is 5.45. The number of hydrogen-bond donors (Lipinski definition) is 4. The van der Waals surface area contributed by atoms with Crippen molar-refractivity contribution in [1.29, 1.82) is 0 Å². The Labute approximate surface area is 214 Å².